The first-order chi connectivity index (χ1) is 5.43. The van der Waals surface area contributed by atoms with Crippen molar-refractivity contribution in [1.29, 1.82) is 0 Å². The van der Waals surface area contributed by atoms with E-state index in [1.54, 1.807) is 0 Å². The molecule has 0 saturated heterocycles. The van der Waals surface area contributed by atoms with Crippen molar-refractivity contribution >= 4 is 6.41 Å². The largest absolute Gasteiger partial charge is 0.342 e. The molecule has 0 aliphatic carbocycles. The lowest BCUT2D eigenvalue weighted by Crippen LogP contribution is -2.41. The summed E-state index contributed by atoms with van der Waals surface area (Å²) in [5.41, 5.74) is 0.177. The van der Waals surface area contributed by atoms with Crippen LogP contribution < -0.4 is 0 Å². The molecule has 0 N–H and O–H groups in total. The molecule has 0 aromatic rings. The molecule has 2 nitrogen and oxygen atoms in total. The van der Waals surface area contributed by atoms with Gasteiger partial charge in [0.25, 0.3) is 0 Å². The van der Waals surface area contributed by atoms with Crippen LogP contribution in [0.25, 0.3) is 0 Å². The first kappa shape index (κ1) is 11.5. The topological polar surface area (TPSA) is 20.3 Å². The fourth-order valence-corrected chi connectivity index (χ4v) is 1.09. The highest BCUT2D eigenvalue weighted by molar-refractivity contribution is 5.47. The van der Waals surface area contributed by atoms with Crippen molar-refractivity contribution in [1.82, 2.24) is 4.90 Å². The van der Waals surface area contributed by atoms with Gasteiger partial charge in [-0.05, 0) is 18.8 Å². The van der Waals surface area contributed by atoms with Crippen LogP contribution in [0.3, 0.4) is 0 Å². The van der Waals surface area contributed by atoms with Crippen LogP contribution in [-0.4, -0.2) is 23.9 Å². The lowest BCUT2D eigenvalue weighted by atomic mass is 9.87. The Hall–Kier alpha value is -0.530. The second-order valence-electron chi connectivity index (χ2n) is 4.39. The number of carbonyl (C=O) groups is 1. The zero-order valence-corrected chi connectivity index (χ0v) is 8.92. The molecular formula is C10H21NO. The van der Waals surface area contributed by atoms with E-state index in [0.717, 1.165) is 19.4 Å². The van der Waals surface area contributed by atoms with Crippen molar-refractivity contribution in [2.75, 3.05) is 6.54 Å². The molecule has 0 spiro atoms. The van der Waals surface area contributed by atoms with Gasteiger partial charge in [-0.1, -0.05) is 27.7 Å². The van der Waals surface area contributed by atoms with E-state index in [-0.39, 0.29) is 5.41 Å². The zero-order chi connectivity index (χ0) is 9.78. The molecule has 0 aromatic heterocycles. The molecule has 0 fully saturated rings. The summed E-state index contributed by atoms with van der Waals surface area (Å²) in [5, 5.41) is 0. The standard InChI is InChI=1S/C10H21NO/c1-6-7-11(8-12)9(2)10(3,4)5/h8-9H,6-7H2,1-5H3. The minimum Gasteiger partial charge on any atom is -0.342 e. The summed E-state index contributed by atoms with van der Waals surface area (Å²) in [6.45, 7) is 11.5. The summed E-state index contributed by atoms with van der Waals surface area (Å²) in [4.78, 5) is 12.6. The predicted octanol–water partition coefficient (Wildman–Crippen LogP) is 2.29. The monoisotopic (exact) mass is 171 g/mol. The Kier molecular flexibility index (Phi) is 4.29. The van der Waals surface area contributed by atoms with Crippen LogP contribution in [0, 0.1) is 5.41 Å². The molecule has 1 amide bonds. The third-order valence-corrected chi connectivity index (χ3v) is 2.37. The number of nitrogens with zero attached hydrogens (tertiary/aromatic N) is 1. The van der Waals surface area contributed by atoms with E-state index >= 15 is 0 Å². The Morgan fingerprint density at radius 3 is 2.17 bits per heavy atom. The molecule has 12 heavy (non-hydrogen) atoms. The normalized spacial score (nSPS) is 14.1. The highest BCUT2D eigenvalue weighted by Crippen LogP contribution is 2.22. The number of rotatable bonds is 4. The summed E-state index contributed by atoms with van der Waals surface area (Å²) < 4.78 is 0. The first-order valence-electron chi connectivity index (χ1n) is 4.64. The second kappa shape index (κ2) is 4.48. The second-order valence-corrected chi connectivity index (χ2v) is 4.39. The molecule has 2 heteroatoms. The lowest BCUT2D eigenvalue weighted by Gasteiger charge is -2.35. The zero-order valence-electron chi connectivity index (χ0n) is 8.92. The van der Waals surface area contributed by atoms with Crippen molar-refractivity contribution in [2.45, 2.75) is 47.1 Å². The average Bonchev–Trinajstić information content (AvgIpc) is 1.97. The molecule has 0 aliphatic rings. The van der Waals surface area contributed by atoms with Crippen molar-refractivity contribution in [3.8, 4) is 0 Å². The Morgan fingerprint density at radius 1 is 1.42 bits per heavy atom. The van der Waals surface area contributed by atoms with Crippen LogP contribution in [0.5, 0.6) is 0 Å². The Morgan fingerprint density at radius 2 is 1.92 bits per heavy atom. The van der Waals surface area contributed by atoms with Crippen molar-refractivity contribution in [3.05, 3.63) is 0 Å². The van der Waals surface area contributed by atoms with E-state index in [1.807, 2.05) is 4.90 Å². The number of carbonyl (C=O) groups excluding carboxylic acids is 1. The van der Waals surface area contributed by atoms with Gasteiger partial charge in [0.1, 0.15) is 0 Å². The fourth-order valence-electron chi connectivity index (χ4n) is 1.09. The quantitative estimate of drug-likeness (QED) is 0.594. The van der Waals surface area contributed by atoms with Gasteiger partial charge < -0.3 is 4.90 Å². The van der Waals surface area contributed by atoms with Gasteiger partial charge in [-0.3, -0.25) is 4.79 Å². The summed E-state index contributed by atoms with van der Waals surface area (Å²) in [5.74, 6) is 0. The van der Waals surface area contributed by atoms with Gasteiger partial charge in [0.05, 0.1) is 0 Å². The molecule has 0 bridgehead atoms. The molecule has 72 valence electrons. The third-order valence-electron chi connectivity index (χ3n) is 2.37. The molecule has 1 unspecified atom stereocenters. The van der Waals surface area contributed by atoms with Crippen LogP contribution in [0.1, 0.15) is 41.0 Å². The number of hydrogen-bond acceptors (Lipinski definition) is 1. The smallest absolute Gasteiger partial charge is 0.209 e. The average molecular weight is 171 g/mol. The summed E-state index contributed by atoms with van der Waals surface area (Å²) in [6, 6.07) is 0.315. The van der Waals surface area contributed by atoms with Crippen molar-refractivity contribution in [3.63, 3.8) is 0 Å². The van der Waals surface area contributed by atoms with Crippen LogP contribution in [-0.2, 0) is 4.79 Å². The number of amides is 1. The molecule has 0 rings (SSSR count). The Labute approximate surface area is 75.9 Å². The maximum atomic E-state index is 10.7. The van der Waals surface area contributed by atoms with Gasteiger partial charge in [-0.25, -0.2) is 0 Å². The van der Waals surface area contributed by atoms with E-state index in [2.05, 4.69) is 34.6 Å². The molecule has 0 saturated carbocycles. The third kappa shape index (κ3) is 3.24. The van der Waals surface area contributed by atoms with Crippen LogP contribution in [0.2, 0.25) is 0 Å². The molecular weight excluding hydrogens is 150 g/mol. The summed E-state index contributed by atoms with van der Waals surface area (Å²) in [7, 11) is 0. The molecule has 1 atom stereocenters. The van der Waals surface area contributed by atoms with Gasteiger partial charge in [-0.15, -0.1) is 0 Å². The fraction of sp³-hybridized carbons (Fsp3) is 0.900. The van der Waals surface area contributed by atoms with Gasteiger partial charge in [0.15, 0.2) is 0 Å². The lowest BCUT2D eigenvalue weighted by molar-refractivity contribution is -0.121. The molecule has 0 aliphatic heterocycles. The van der Waals surface area contributed by atoms with Crippen LogP contribution >= 0.6 is 0 Å². The van der Waals surface area contributed by atoms with Gasteiger partial charge in [0.2, 0.25) is 6.41 Å². The maximum Gasteiger partial charge on any atom is 0.209 e. The van der Waals surface area contributed by atoms with E-state index in [1.165, 1.54) is 0 Å². The van der Waals surface area contributed by atoms with E-state index in [9.17, 15) is 4.79 Å². The highest BCUT2D eigenvalue weighted by atomic mass is 16.1. The van der Waals surface area contributed by atoms with Gasteiger partial charge in [-0.2, -0.15) is 0 Å². The highest BCUT2D eigenvalue weighted by Gasteiger charge is 2.24. The van der Waals surface area contributed by atoms with E-state index in [4.69, 9.17) is 0 Å². The van der Waals surface area contributed by atoms with Crippen LogP contribution in [0.4, 0.5) is 0 Å². The number of hydrogen-bond donors (Lipinski definition) is 0. The Balaban J connectivity index is 4.20. The molecule has 0 radical (unpaired) electrons. The summed E-state index contributed by atoms with van der Waals surface area (Å²) >= 11 is 0. The Bertz CT molecular complexity index is 137. The predicted molar refractivity (Wildman–Crippen MR) is 52.0 cm³/mol. The summed E-state index contributed by atoms with van der Waals surface area (Å²) in [6.07, 6.45) is 1.98. The van der Waals surface area contributed by atoms with E-state index in [0.29, 0.717) is 6.04 Å². The SMILES string of the molecule is CCCN(C=O)C(C)C(C)(C)C. The van der Waals surface area contributed by atoms with Crippen molar-refractivity contribution < 1.29 is 4.79 Å². The first-order valence-corrected chi connectivity index (χ1v) is 4.64. The van der Waals surface area contributed by atoms with Gasteiger partial charge in [0, 0.05) is 12.6 Å². The minimum atomic E-state index is 0.177. The minimum absolute atomic E-state index is 0.177. The molecule has 0 heterocycles. The van der Waals surface area contributed by atoms with E-state index < -0.39 is 0 Å². The molecule has 0 aromatic carbocycles. The van der Waals surface area contributed by atoms with Crippen LogP contribution in [0.15, 0.2) is 0 Å². The van der Waals surface area contributed by atoms with Gasteiger partial charge >= 0.3 is 0 Å². The van der Waals surface area contributed by atoms with Crippen molar-refractivity contribution in [2.24, 2.45) is 5.41 Å². The maximum absolute atomic E-state index is 10.7.